The summed E-state index contributed by atoms with van der Waals surface area (Å²) in [5.74, 6) is -2.00. The van der Waals surface area contributed by atoms with Gasteiger partial charge in [-0.05, 0) is 47.8 Å². The number of carboxylic acid groups (broad SMARTS) is 1. The van der Waals surface area contributed by atoms with Crippen LogP contribution in [0.15, 0.2) is 16.6 Å². The Balaban J connectivity index is 2.31. The van der Waals surface area contributed by atoms with E-state index in [1.165, 1.54) is 11.0 Å². The number of carbonyl (C=O) groups excluding carboxylic acids is 1. The van der Waals surface area contributed by atoms with E-state index in [4.69, 9.17) is 0 Å². The molecule has 1 N–H and O–H groups in total. The van der Waals surface area contributed by atoms with Crippen LogP contribution in [0.25, 0.3) is 0 Å². The lowest BCUT2D eigenvalue weighted by molar-refractivity contribution is -0.147. The van der Waals surface area contributed by atoms with Crippen molar-refractivity contribution in [3.8, 4) is 0 Å². The van der Waals surface area contributed by atoms with Crippen molar-refractivity contribution in [2.75, 3.05) is 13.1 Å². The van der Waals surface area contributed by atoms with Crippen LogP contribution in [0.5, 0.6) is 0 Å². The molecule has 1 atom stereocenters. The van der Waals surface area contributed by atoms with Crippen LogP contribution in [0.4, 0.5) is 4.39 Å². The Bertz CT molecular complexity index is 590. The predicted molar refractivity (Wildman–Crippen MR) is 75.1 cm³/mol. The van der Waals surface area contributed by atoms with Gasteiger partial charge in [-0.1, -0.05) is 6.07 Å². The van der Waals surface area contributed by atoms with Gasteiger partial charge in [-0.3, -0.25) is 9.59 Å². The Morgan fingerprint density at radius 1 is 1.45 bits per heavy atom. The Morgan fingerprint density at radius 2 is 2.10 bits per heavy atom. The fraction of sp³-hybridized carbons (Fsp3) is 0.429. The molecule has 1 heterocycles. The van der Waals surface area contributed by atoms with Crippen LogP contribution in [0.2, 0.25) is 0 Å². The van der Waals surface area contributed by atoms with Gasteiger partial charge in [0.25, 0.3) is 5.91 Å². The molecule has 108 valence electrons. The summed E-state index contributed by atoms with van der Waals surface area (Å²) >= 11 is 3.23. The van der Waals surface area contributed by atoms with Crippen LogP contribution >= 0.6 is 15.9 Å². The fourth-order valence-electron chi connectivity index (χ4n) is 2.32. The minimum absolute atomic E-state index is 0.0281. The number of aliphatic carboxylic acids is 1. The number of carbonyl (C=O) groups is 2. The largest absolute Gasteiger partial charge is 0.481 e. The third-order valence-corrected chi connectivity index (χ3v) is 4.80. The molecule has 20 heavy (non-hydrogen) atoms. The molecule has 0 radical (unpaired) electrons. The first-order chi connectivity index (χ1) is 9.26. The summed E-state index contributed by atoms with van der Waals surface area (Å²) in [7, 11) is 0. The normalized spacial score (nSPS) is 22.1. The summed E-state index contributed by atoms with van der Waals surface area (Å²) in [5, 5.41) is 9.17. The lowest BCUT2D eigenvalue weighted by Crippen LogP contribution is -2.35. The standard InChI is InChI=1S/C14H15BrFNO3/c1-8-3-4-9(16)10(11(8)15)12(18)17-6-5-14(2,7-17)13(19)20/h3-4H,5-7H2,1-2H3,(H,19,20). The highest BCUT2D eigenvalue weighted by Gasteiger charge is 2.42. The molecule has 0 aliphatic carbocycles. The molecular formula is C14H15BrFNO3. The third kappa shape index (κ3) is 2.44. The zero-order chi connectivity index (χ0) is 15.1. The highest BCUT2D eigenvalue weighted by Crippen LogP contribution is 2.33. The van der Waals surface area contributed by atoms with Crippen molar-refractivity contribution in [2.24, 2.45) is 5.41 Å². The van der Waals surface area contributed by atoms with Crippen molar-refractivity contribution in [1.29, 1.82) is 0 Å². The summed E-state index contributed by atoms with van der Waals surface area (Å²) in [6, 6.07) is 2.83. The molecule has 4 nitrogen and oxygen atoms in total. The zero-order valence-electron chi connectivity index (χ0n) is 11.2. The lowest BCUT2D eigenvalue weighted by atomic mass is 9.90. The van der Waals surface area contributed by atoms with Gasteiger partial charge in [0.1, 0.15) is 5.82 Å². The molecule has 1 aromatic rings. The zero-order valence-corrected chi connectivity index (χ0v) is 12.8. The van der Waals surface area contributed by atoms with Gasteiger partial charge in [0.05, 0.1) is 11.0 Å². The maximum absolute atomic E-state index is 13.9. The second-order valence-corrected chi connectivity index (χ2v) is 6.19. The number of likely N-dealkylation sites (tertiary alicyclic amines) is 1. The van der Waals surface area contributed by atoms with Gasteiger partial charge in [0, 0.05) is 17.6 Å². The molecule has 1 saturated heterocycles. The molecule has 0 bridgehead atoms. The first kappa shape index (κ1) is 15.0. The first-order valence-electron chi connectivity index (χ1n) is 6.23. The van der Waals surface area contributed by atoms with Gasteiger partial charge in [-0.15, -0.1) is 0 Å². The minimum atomic E-state index is -0.956. The van der Waals surface area contributed by atoms with Crippen LogP contribution in [-0.4, -0.2) is 35.0 Å². The van der Waals surface area contributed by atoms with E-state index in [9.17, 15) is 19.1 Å². The van der Waals surface area contributed by atoms with Crippen molar-refractivity contribution >= 4 is 27.8 Å². The number of amides is 1. The molecular weight excluding hydrogens is 329 g/mol. The maximum atomic E-state index is 13.9. The molecule has 1 fully saturated rings. The van der Waals surface area contributed by atoms with E-state index in [1.54, 1.807) is 19.9 Å². The van der Waals surface area contributed by atoms with E-state index in [0.29, 0.717) is 17.4 Å². The van der Waals surface area contributed by atoms with Gasteiger partial charge in [0.15, 0.2) is 0 Å². The summed E-state index contributed by atoms with van der Waals surface area (Å²) < 4.78 is 14.3. The Kier molecular flexibility index (Phi) is 3.86. The SMILES string of the molecule is Cc1ccc(F)c(C(=O)N2CCC(C)(C(=O)O)C2)c1Br. The molecule has 1 aliphatic rings. The second kappa shape index (κ2) is 5.16. The van der Waals surface area contributed by atoms with Crippen molar-refractivity contribution in [1.82, 2.24) is 4.90 Å². The number of hydrogen-bond acceptors (Lipinski definition) is 2. The second-order valence-electron chi connectivity index (χ2n) is 5.40. The van der Waals surface area contributed by atoms with E-state index in [-0.39, 0.29) is 12.1 Å². The summed E-state index contributed by atoms with van der Waals surface area (Å²) in [6.45, 7) is 3.79. The molecule has 1 unspecified atom stereocenters. The van der Waals surface area contributed by atoms with Crippen LogP contribution in [-0.2, 0) is 4.79 Å². The van der Waals surface area contributed by atoms with Crippen LogP contribution in [0, 0.1) is 18.2 Å². The summed E-state index contributed by atoms with van der Waals surface area (Å²) in [6.07, 6.45) is 0.374. The van der Waals surface area contributed by atoms with Crippen LogP contribution in [0.3, 0.4) is 0 Å². The van der Waals surface area contributed by atoms with Gasteiger partial charge in [0.2, 0.25) is 0 Å². The third-order valence-electron chi connectivity index (χ3n) is 3.77. The van der Waals surface area contributed by atoms with Gasteiger partial charge in [-0.25, -0.2) is 4.39 Å². The number of aryl methyl sites for hydroxylation is 1. The summed E-state index contributed by atoms with van der Waals surface area (Å²) in [5.41, 5.74) is -0.225. The molecule has 1 aliphatic heterocycles. The van der Waals surface area contributed by atoms with Gasteiger partial charge >= 0.3 is 5.97 Å². The summed E-state index contributed by atoms with van der Waals surface area (Å²) in [4.78, 5) is 25.0. The van der Waals surface area contributed by atoms with Crippen LogP contribution in [0.1, 0.15) is 29.3 Å². The first-order valence-corrected chi connectivity index (χ1v) is 7.03. The Hall–Kier alpha value is -1.43. The lowest BCUT2D eigenvalue weighted by Gasteiger charge is -2.21. The van der Waals surface area contributed by atoms with Crippen molar-refractivity contribution < 1.29 is 19.1 Å². The molecule has 6 heteroatoms. The van der Waals surface area contributed by atoms with Crippen molar-refractivity contribution in [3.05, 3.63) is 33.5 Å². The van der Waals surface area contributed by atoms with E-state index < -0.39 is 23.1 Å². The van der Waals surface area contributed by atoms with Crippen molar-refractivity contribution in [3.63, 3.8) is 0 Å². The molecule has 0 aromatic heterocycles. The Labute approximate surface area is 124 Å². The topological polar surface area (TPSA) is 57.6 Å². The van der Waals surface area contributed by atoms with Gasteiger partial charge < -0.3 is 10.0 Å². The van der Waals surface area contributed by atoms with E-state index in [2.05, 4.69) is 15.9 Å². The monoisotopic (exact) mass is 343 g/mol. The molecule has 0 saturated carbocycles. The van der Waals surface area contributed by atoms with Gasteiger partial charge in [-0.2, -0.15) is 0 Å². The highest BCUT2D eigenvalue weighted by atomic mass is 79.9. The highest BCUT2D eigenvalue weighted by molar-refractivity contribution is 9.10. The number of hydrogen-bond donors (Lipinski definition) is 1. The smallest absolute Gasteiger partial charge is 0.311 e. The molecule has 1 amide bonds. The Morgan fingerprint density at radius 3 is 2.65 bits per heavy atom. The fourth-order valence-corrected chi connectivity index (χ4v) is 2.81. The number of nitrogens with zero attached hydrogens (tertiary/aromatic N) is 1. The maximum Gasteiger partial charge on any atom is 0.311 e. The van der Waals surface area contributed by atoms with E-state index >= 15 is 0 Å². The number of benzene rings is 1. The number of rotatable bonds is 2. The predicted octanol–water partition coefficient (Wildman–Crippen LogP) is 2.83. The average Bonchev–Trinajstić information content (AvgIpc) is 2.78. The van der Waals surface area contributed by atoms with Crippen LogP contribution < -0.4 is 0 Å². The number of carboxylic acids is 1. The molecule has 1 aromatic carbocycles. The quantitative estimate of drug-likeness (QED) is 0.898. The number of halogens is 2. The average molecular weight is 344 g/mol. The van der Waals surface area contributed by atoms with Crippen molar-refractivity contribution in [2.45, 2.75) is 20.3 Å². The molecule has 2 rings (SSSR count). The van der Waals surface area contributed by atoms with E-state index in [0.717, 1.165) is 5.56 Å². The molecule has 0 spiro atoms. The minimum Gasteiger partial charge on any atom is -0.481 e. The van der Waals surface area contributed by atoms with E-state index in [1.807, 2.05) is 0 Å².